The molecule has 0 bridgehead atoms. The van der Waals surface area contributed by atoms with Gasteiger partial charge in [-0.3, -0.25) is 4.79 Å². The molecule has 0 saturated carbocycles. The first kappa shape index (κ1) is 13.2. The third-order valence-electron chi connectivity index (χ3n) is 2.43. The van der Waals surface area contributed by atoms with Crippen LogP contribution in [0.4, 0.5) is 15.8 Å². The molecule has 0 saturated heterocycles. The van der Waals surface area contributed by atoms with Crippen LogP contribution in [0.15, 0.2) is 36.4 Å². The third-order valence-corrected chi connectivity index (χ3v) is 2.76. The van der Waals surface area contributed by atoms with E-state index in [0.29, 0.717) is 5.69 Å². The number of amides is 1. The number of nitrogens with two attached hydrogens (primary N) is 1. The Labute approximate surface area is 113 Å². The summed E-state index contributed by atoms with van der Waals surface area (Å²) in [5, 5.41) is 11.8. The minimum absolute atomic E-state index is 0.0449. The molecule has 0 heterocycles. The highest BCUT2D eigenvalue weighted by atomic mass is 35.5. The third kappa shape index (κ3) is 2.95. The number of aromatic hydroxyl groups is 1. The number of carbonyl (C=O) groups is 1. The summed E-state index contributed by atoms with van der Waals surface area (Å²) < 4.78 is 13.5. The number of nitrogen functional groups attached to an aromatic ring is 1. The summed E-state index contributed by atoms with van der Waals surface area (Å²) in [6.07, 6.45) is 0. The zero-order valence-corrected chi connectivity index (χ0v) is 10.4. The lowest BCUT2D eigenvalue weighted by molar-refractivity contribution is 0.102. The number of hydrogen-bond acceptors (Lipinski definition) is 3. The van der Waals surface area contributed by atoms with Crippen molar-refractivity contribution in [2.75, 3.05) is 11.1 Å². The first-order valence-corrected chi connectivity index (χ1v) is 5.70. The molecule has 0 spiro atoms. The number of rotatable bonds is 2. The van der Waals surface area contributed by atoms with Crippen LogP contribution in [-0.2, 0) is 0 Å². The highest BCUT2D eigenvalue weighted by Crippen LogP contribution is 2.23. The summed E-state index contributed by atoms with van der Waals surface area (Å²) in [4.78, 5) is 11.9. The highest BCUT2D eigenvalue weighted by molar-refractivity contribution is 6.34. The van der Waals surface area contributed by atoms with Gasteiger partial charge in [-0.1, -0.05) is 11.6 Å². The van der Waals surface area contributed by atoms with Crippen molar-refractivity contribution in [2.45, 2.75) is 0 Å². The van der Waals surface area contributed by atoms with Crippen LogP contribution in [0.2, 0.25) is 5.02 Å². The van der Waals surface area contributed by atoms with Gasteiger partial charge < -0.3 is 16.2 Å². The largest absolute Gasteiger partial charge is 0.508 e. The molecular formula is C13H10ClFN2O2. The Kier molecular flexibility index (Phi) is 3.57. The molecule has 0 aliphatic rings. The smallest absolute Gasteiger partial charge is 0.257 e. The fourth-order valence-corrected chi connectivity index (χ4v) is 1.72. The second kappa shape index (κ2) is 5.16. The van der Waals surface area contributed by atoms with Gasteiger partial charge in [0.2, 0.25) is 0 Å². The maximum atomic E-state index is 13.5. The van der Waals surface area contributed by atoms with Crippen molar-refractivity contribution in [3.05, 3.63) is 52.8 Å². The van der Waals surface area contributed by atoms with Gasteiger partial charge in [0.05, 0.1) is 16.3 Å². The van der Waals surface area contributed by atoms with Gasteiger partial charge in [-0.15, -0.1) is 0 Å². The fraction of sp³-hybridized carbons (Fsp3) is 0. The van der Waals surface area contributed by atoms with Gasteiger partial charge in [-0.2, -0.15) is 0 Å². The summed E-state index contributed by atoms with van der Waals surface area (Å²) in [5.41, 5.74) is 5.82. The summed E-state index contributed by atoms with van der Waals surface area (Å²) in [6, 6.07) is 7.74. The Morgan fingerprint density at radius 2 is 2.00 bits per heavy atom. The number of hydrogen-bond donors (Lipinski definition) is 3. The van der Waals surface area contributed by atoms with Crippen molar-refractivity contribution in [3.8, 4) is 5.75 Å². The zero-order valence-electron chi connectivity index (χ0n) is 9.65. The quantitative estimate of drug-likeness (QED) is 0.740. The van der Waals surface area contributed by atoms with Crippen molar-refractivity contribution in [3.63, 3.8) is 0 Å². The molecule has 0 aromatic heterocycles. The molecule has 2 aromatic rings. The zero-order chi connectivity index (χ0) is 14.0. The Balaban J connectivity index is 2.30. The predicted molar refractivity (Wildman–Crippen MR) is 71.9 cm³/mol. The second-order valence-corrected chi connectivity index (χ2v) is 4.26. The molecule has 6 heteroatoms. The molecule has 2 rings (SSSR count). The van der Waals surface area contributed by atoms with Crippen molar-refractivity contribution >= 4 is 28.9 Å². The predicted octanol–water partition coefficient (Wildman–Crippen LogP) is 3.02. The van der Waals surface area contributed by atoms with E-state index < -0.39 is 11.7 Å². The average Bonchev–Trinajstić information content (AvgIpc) is 2.36. The van der Waals surface area contributed by atoms with Gasteiger partial charge in [0, 0.05) is 5.69 Å². The molecular weight excluding hydrogens is 271 g/mol. The SMILES string of the molecule is Nc1ccc(F)c(NC(=O)c2cc(O)ccc2Cl)c1. The summed E-state index contributed by atoms with van der Waals surface area (Å²) in [6.45, 7) is 0. The topological polar surface area (TPSA) is 75.3 Å². The van der Waals surface area contributed by atoms with E-state index in [1.165, 1.54) is 30.3 Å². The van der Waals surface area contributed by atoms with Crippen molar-refractivity contribution in [1.29, 1.82) is 0 Å². The molecule has 98 valence electrons. The molecule has 0 unspecified atom stereocenters. The van der Waals surface area contributed by atoms with E-state index in [1.807, 2.05) is 0 Å². The number of nitrogens with one attached hydrogen (secondary N) is 1. The first-order chi connectivity index (χ1) is 8.97. The van der Waals surface area contributed by atoms with E-state index in [4.69, 9.17) is 17.3 Å². The lowest BCUT2D eigenvalue weighted by Gasteiger charge is -2.08. The molecule has 2 aromatic carbocycles. The van der Waals surface area contributed by atoms with E-state index in [2.05, 4.69) is 5.32 Å². The lowest BCUT2D eigenvalue weighted by atomic mass is 10.2. The summed E-state index contributed by atoms with van der Waals surface area (Å²) in [7, 11) is 0. The van der Waals surface area contributed by atoms with Gasteiger partial charge in [-0.25, -0.2) is 4.39 Å². The Morgan fingerprint density at radius 3 is 2.74 bits per heavy atom. The number of carbonyl (C=O) groups excluding carboxylic acids is 1. The molecule has 4 nitrogen and oxygen atoms in total. The van der Waals surface area contributed by atoms with Crippen LogP contribution >= 0.6 is 11.6 Å². The molecule has 0 fully saturated rings. The first-order valence-electron chi connectivity index (χ1n) is 5.32. The lowest BCUT2D eigenvalue weighted by Crippen LogP contribution is -2.13. The van der Waals surface area contributed by atoms with Crippen molar-refractivity contribution in [2.24, 2.45) is 0 Å². The number of phenolic OH excluding ortho intramolecular Hbond substituents is 1. The van der Waals surface area contributed by atoms with Gasteiger partial charge in [0.1, 0.15) is 11.6 Å². The van der Waals surface area contributed by atoms with Gasteiger partial charge >= 0.3 is 0 Å². The Hall–Kier alpha value is -2.27. The van der Waals surface area contributed by atoms with Gasteiger partial charge in [-0.05, 0) is 36.4 Å². The van der Waals surface area contributed by atoms with Crippen LogP contribution in [0, 0.1) is 5.82 Å². The average molecular weight is 281 g/mol. The normalized spacial score (nSPS) is 10.2. The van der Waals surface area contributed by atoms with Crippen LogP contribution in [-0.4, -0.2) is 11.0 Å². The Morgan fingerprint density at radius 1 is 1.26 bits per heavy atom. The number of halogens is 2. The van der Waals surface area contributed by atoms with Crippen LogP contribution < -0.4 is 11.1 Å². The van der Waals surface area contributed by atoms with Crippen molar-refractivity contribution in [1.82, 2.24) is 0 Å². The minimum Gasteiger partial charge on any atom is -0.508 e. The van der Waals surface area contributed by atoms with Gasteiger partial charge in [0.15, 0.2) is 0 Å². The van der Waals surface area contributed by atoms with Crippen molar-refractivity contribution < 1.29 is 14.3 Å². The number of phenols is 1. The Bertz CT molecular complexity index is 647. The molecule has 1 amide bonds. The van der Waals surface area contributed by atoms with Gasteiger partial charge in [0.25, 0.3) is 5.91 Å². The maximum Gasteiger partial charge on any atom is 0.257 e. The molecule has 0 aliphatic carbocycles. The highest BCUT2D eigenvalue weighted by Gasteiger charge is 2.13. The van der Waals surface area contributed by atoms with E-state index in [1.54, 1.807) is 0 Å². The van der Waals surface area contributed by atoms with E-state index in [0.717, 1.165) is 6.07 Å². The maximum absolute atomic E-state index is 13.5. The molecule has 0 radical (unpaired) electrons. The van der Waals surface area contributed by atoms with Crippen LogP contribution in [0.1, 0.15) is 10.4 Å². The van der Waals surface area contributed by atoms with E-state index >= 15 is 0 Å². The van der Waals surface area contributed by atoms with E-state index in [9.17, 15) is 14.3 Å². The summed E-state index contributed by atoms with van der Waals surface area (Å²) in [5.74, 6) is -1.35. The molecule has 0 aliphatic heterocycles. The van der Waals surface area contributed by atoms with Crippen LogP contribution in [0.5, 0.6) is 5.75 Å². The van der Waals surface area contributed by atoms with E-state index in [-0.39, 0.29) is 22.0 Å². The fourth-order valence-electron chi connectivity index (χ4n) is 1.52. The molecule has 4 N–H and O–H groups in total. The number of anilines is 2. The monoisotopic (exact) mass is 280 g/mol. The minimum atomic E-state index is -0.634. The molecule has 0 atom stereocenters. The number of benzene rings is 2. The molecule has 19 heavy (non-hydrogen) atoms. The summed E-state index contributed by atoms with van der Waals surface area (Å²) >= 11 is 5.84. The van der Waals surface area contributed by atoms with Crippen LogP contribution in [0.25, 0.3) is 0 Å². The van der Waals surface area contributed by atoms with Crippen LogP contribution in [0.3, 0.4) is 0 Å². The standard InChI is InChI=1S/C13H10ClFN2O2/c14-10-3-2-8(18)6-9(10)13(19)17-12-5-7(16)1-4-11(12)15/h1-6,18H,16H2,(H,17,19). The second-order valence-electron chi connectivity index (χ2n) is 3.86.